The van der Waals surface area contributed by atoms with Crippen molar-refractivity contribution in [2.24, 2.45) is 0 Å². The van der Waals surface area contributed by atoms with Gasteiger partial charge >= 0.3 is 6.09 Å². The number of nitrogens with one attached hydrogen (secondary N) is 1. The summed E-state index contributed by atoms with van der Waals surface area (Å²) in [5, 5.41) is 2.78. The smallest absolute Gasteiger partial charge is 0.411 e. The second kappa shape index (κ2) is 6.65. The van der Waals surface area contributed by atoms with E-state index in [9.17, 15) is 14.0 Å². The van der Waals surface area contributed by atoms with Gasteiger partial charge in [-0.15, -0.1) is 0 Å². The van der Waals surface area contributed by atoms with Crippen molar-refractivity contribution in [3.63, 3.8) is 0 Å². The third kappa shape index (κ3) is 4.50. The zero-order valence-corrected chi connectivity index (χ0v) is 14.9. The fourth-order valence-electron chi connectivity index (χ4n) is 3.04. The summed E-state index contributed by atoms with van der Waals surface area (Å²) in [4.78, 5) is 26.0. The zero-order chi connectivity index (χ0) is 18.2. The minimum absolute atomic E-state index is 0.00870. The highest BCUT2D eigenvalue weighted by molar-refractivity contribution is 5.97. The van der Waals surface area contributed by atoms with Crippen molar-refractivity contribution in [3.05, 3.63) is 29.8 Å². The van der Waals surface area contributed by atoms with Gasteiger partial charge in [0, 0.05) is 12.1 Å². The topological polar surface area (TPSA) is 58.6 Å². The summed E-state index contributed by atoms with van der Waals surface area (Å²) in [6.07, 6.45) is 0.551. The summed E-state index contributed by atoms with van der Waals surface area (Å²) in [5.74, 6) is 0.264. The average molecular weight is 348 g/mol. The number of alkyl halides is 1. The molecule has 0 aromatic heterocycles. The van der Waals surface area contributed by atoms with Crippen molar-refractivity contribution in [3.8, 4) is 0 Å². The van der Waals surface area contributed by atoms with E-state index in [1.54, 1.807) is 20.8 Å². The first-order valence-corrected chi connectivity index (χ1v) is 8.77. The SMILES string of the molecule is CC(C)(C)OC(=O)N1C[C@H](F)C[C@@H]1C(=O)Nc1ccc(C2CC2)cc1. The summed E-state index contributed by atoms with van der Waals surface area (Å²) in [6.45, 7) is 5.10. The van der Waals surface area contributed by atoms with Crippen LogP contribution in [0.4, 0.5) is 14.9 Å². The molecule has 2 fully saturated rings. The molecule has 6 heteroatoms. The Morgan fingerprint density at radius 3 is 2.40 bits per heavy atom. The van der Waals surface area contributed by atoms with Crippen LogP contribution in [0.1, 0.15) is 51.5 Å². The molecular weight excluding hydrogens is 323 g/mol. The molecule has 1 saturated heterocycles. The minimum Gasteiger partial charge on any atom is -0.444 e. The summed E-state index contributed by atoms with van der Waals surface area (Å²) in [7, 11) is 0. The zero-order valence-electron chi connectivity index (χ0n) is 14.9. The Morgan fingerprint density at radius 1 is 1.20 bits per heavy atom. The summed E-state index contributed by atoms with van der Waals surface area (Å²) in [5.41, 5.74) is 1.24. The molecule has 2 amide bonds. The number of benzene rings is 1. The van der Waals surface area contributed by atoms with E-state index in [0.717, 1.165) is 0 Å². The lowest BCUT2D eigenvalue weighted by atomic mass is 10.1. The molecule has 5 nitrogen and oxygen atoms in total. The van der Waals surface area contributed by atoms with Gasteiger partial charge in [0.25, 0.3) is 0 Å². The van der Waals surface area contributed by atoms with Gasteiger partial charge in [0.15, 0.2) is 0 Å². The van der Waals surface area contributed by atoms with E-state index in [1.807, 2.05) is 24.3 Å². The highest BCUT2D eigenvalue weighted by Crippen LogP contribution is 2.40. The lowest BCUT2D eigenvalue weighted by molar-refractivity contribution is -0.120. The molecule has 0 spiro atoms. The van der Waals surface area contributed by atoms with E-state index >= 15 is 0 Å². The van der Waals surface area contributed by atoms with Gasteiger partial charge in [-0.05, 0) is 57.2 Å². The number of likely N-dealkylation sites (tertiary alicyclic amines) is 1. The van der Waals surface area contributed by atoms with Crippen LogP contribution in [0.2, 0.25) is 0 Å². The van der Waals surface area contributed by atoms with E-state index < -0.39 is 23.9 Å². The number of carbonyl (C=O) groups is 2. The van der Waals surface area contributed by atoms with Gasteiger partial charge < -0.3 is 10.1 Å². The Bertz CT molecular complexity index is 650. The Hall–Kier alpha value is -2.11. The molecule has 0 unspecified atom stereocenters. The third-order valence-corrected chi connectivity index (χ3v) is 4.41. The maximum Gasteiger partial charge on any atom is 0.411 e. The number of ether oxygens (including phenoxy) is 1. The molecule has 1 aliphatic heterocycles. The number of nitrogens with zero attached hydrogens (tertiary/aromatic N) is 1. The van der Waals surface area contributed by atoms with Crippen LogP contribution >= 0.6 is 0 Å². The van der Waals surface area contributed by atoms with Gasteiger partial charge in [-0.2, -0.15) is 0 Å². The van der Waals surface area contributed by atoms with E-state index in [0.29, 0.717) is 11.6 Å². The molecule has 1 heterocycles. The maximum absolute atomic E-state index is 13.8. The third-order valence-electron chi connectivity index (χ3n) is 4.41. The molecule has 0 bridgehead atoms. The maximum atomic E-state index is 13.8. The van der Waals surface area contributed by atoms with E-state index in [1.165, 1.54) is 23.3 Å². The number of carbonyl (C=O) groups excluding carboxylic acids is 2. The fourth-order valence-corrected chi connectivity index (χ4v) is 3.04. The van der Waals surface area contributed by atoms with Gasteiger partial charge in [-0.25, -0.2) is 9.18 Å². The first-order valence-electron chi connectivity index (χ1n) is 8.77. The van der Waals surface area contributed by atoms with Crippen LogP contribution in [0, 0.1) is 0 Å². The molecule has 1 N–H and O–H groups in total. The molecule has 1 saturated carbocycles. The molecule has 136 valence electrons. The van der Waals surface area contributed by atoms with Gasteiger partial charge in [0.05, 0.1) is 6.54 Å². The van der Waals surface area contributed by atoms with E-state index in [4.69, 9.17) is 4.74 Å². The quantitative estimate of drug-likeness (QED) is 0.903. The molecule has 0 radical (unpaired) electrons. The molecule has 1 aliphatic carbocycles. The van der Waals surface area contributed by atoms with Gasteiger partial charge in [0.1, 0.15) is 17.8 Å². The first-order chi connectivity index (χ1) is 11.7. The van der Waals surface area contributed by atoms with Crippen LogP contribution in [0.25, 0.3) is 0 Å². The normalized spacial score (nSPS) is 23.4. The Morgan fingerprint density at radius 2 is 1.84 bits per heavy atom. The average Bonchev–Trinajstić information content (AvgIpc) is 3.28. The molecule has 3 rings (SSSR count). The van der Waals surface area contributed by atoms with Crippen LogP contribution in [-0.4, -0.2) is 41.3 Å². The number of rotatable bonds is 3. The van der Waals surface area contributed by atoms with Crippen molar-refractivity contribution in [1.29, 1.82) is 0 Å². The van der Waals surface area contributed by atoms with E-state index in [-0.39, 0.29) is 18.9 Å². The van der Waals surface area contributed by atoms with Crippen molar-refractivity contribution >= 4 is 17.7 Å². The van der Waals surface area contributed by atoms with Crippen LogP contribution < -0.4 is 5.32 Å². The highest BCUT2D eigenvalue weighted by atomic mass is 19.1. The monoisotopic (exact) mass is 348 g/mol. The summed E-state index contributed by atoms with van der Waals surface area (Å²) >= 11 is 0. The van der Waals surface area contributed by atoms with Gasteiger partial charge in [0.2, 0.25) is 5.91 Å². The van der Waals surface area contributed by atoms with Crippen LogP contribution in [0.3, 0.4) is 0 Å². The van der Waals surface area contributed by atoms with Gasteiger partial charge in [-0.1, -0.05) is 12.1 Å². The first kappa shape index (κ1) is 17.7. The Balaban J connectivity index is 1.65. The predicted molar refractivity (Wildman–Crippen MR) is 93.3 cm³/mol. The second-order valence-corrected chi connectivity index (χ2v) is 7.87. The number of hydrogen-bond acceptors (Lipinski definition) is 3. The predicted octanol–water partition coefficient (Wildman–Crippen LogP) is 3.85. The fraction of sp³-hybridized carbons (Fsp3) is 0.579. The van der Waals surface area contributed by atoms with Crippen molar-refractivity contribution in [2.75, 3.05) is 11.9 Å². The molecule has 2 aliphatic rings. The molecule has 1 aromatic carbocycles. The molecule has 2 atom stereocenters. The number of hydrogen-bond donors (Lipinski definition) is 1. The lowest BCUT2D eigenvalue weighted by Gasteiger charge is -2.27. The highest BCUT2D eigenvalue weighted by Gasteiger charge is 2.41. The summed E-state index contributed by atoms with van der Waals surface area (Å²) in [6, 6.07) is 6.86. The summed E-state index contributed by atoms with van der Waals surface area (Å²) < 4.78 is 19.1. The minimum atomic E-state index is -1.22. The van der Waals surface area contributed by atoms with Crippen LogP contribution in [-0.2, 0) is 9.53 Å². The van der Waals surface area contributed by atoms with Crippen molar-refractivity contribution in [2.45, 2.75) is 63.8 Å². The number of amides is 2. The van der Waals surface area contributed by atoms with Crippen molar-refractivity contribution < 1.29 is 18.7 Å². The number of anilines is 1. The largest absolute Gasteiger partial charge is 0.444 e. The van der Waals surface area contributed by atoms with Crippen LogP contribution in [0.15, 0.2) is 24.3 Å². The van der Waals surface area contributed by atoms with E-state index in [2.05, 4.69) is 5.32 Å². The number of halogens is 1. The molecular formula is C19H25FN2O3. The Labute approximate surface area is 147 Å². The standard InChI is InChI=1S/C19H25FN2O3/c1-19(2,3)25-18(24)22-11-14(20)10-16(22)17(23)21-15-8-6-13(7-9-15)12-4-5-12/h6-9,12,14,16H,4-5,10-11H2,1-3H3,(H,21,23)/t14-,16-/m1/s1. The van der Waals surface area contributed by atoms with Gasteiger partial charge in [-0.3, -0.25) is 9.69 Å². The molecule has 1 aromatic rings. The van der Waals surface area contributed by atoms with Crippen LogP contribution in [0.5, 0.6) is 0 Å². The lowest BCUT2D eigenvalue weighted by Crippen LogP contribution is -2.45. The van der Waals surface area contributed by atoms with Crippen molar-refractivity contribution in [1.82, 2.24) is 4.90 Å². The molecule has 25 heavy (non-hydrogen) atoms. The Kier molecular flexibility index (Phi) is 4.71. The second-order valence-electron chi connectivity index (χ2n) is 7.87.